The Morgan fingerprint density at radius 3 is 2.59 bits per heavy atom. The number of hydrogen-bond donors (Lipinski definition) is 1. The summed E-state index contributed by atoms with van der Waals surface area (Å²) in [7, 11) is 0. The number of nitrogens with zero attached hydrogens (tertiary/aromatic N) is 3. The molecule has 1 N–H and O–H groups in total. The first kappa shape index (κ1) is 17.2. The molecule has 2 heterocycles. The molecule has 4 rings (SSSR count). The number of hydrogen-bond acceptors (Lipinski definition) is 3. The first-order valence-electron chi connectivity index (χ1n) is 8.52. The second-order valence-electron chi connectivity index (χ2n) is 6.28. The molecule has 5 nitrogen and oxygen atoms in total. The average molecular weight is 377 g/mol. The fourth-order valence-corrected chi connectivity index (χ4v) is 3.46. The molecule has 0 spiro atoms. The lowest BCUT2D eigenvalue weighted by Crippen LogP contribution is -2.13. The summed E-state index contributed by atoms with van der Waals surface area (Å²) in [6.45, 7) is 3.76. The summed E-state index contributed by atoms with van der Waals surface area (Å²) >= 11 is 6.50. The Morgan fingerprint density at radius 2 is 1.81 bits per heavy atom. The van der Waals surface area contributed by atoms with Gasteiger partial charge in [-0.2, -0.15) is 5.10 Å². The Labute approximate surface area is 161 Å². The molecule has 0 aliphatic heterocycles. The van der Waals surface area contributed by atoms with Crippen molar-refractivity contribution in [3.63, 3.8) is 0 Å². The third-order valence-electron chi connectivity index (χ3n) is 4.45. The number of aromatic nitrogens is 3. The van der Waals surface area contributed by atoms with E-state index < -0.39 is 0 Å². The summed E-state index contributed by atoms with van der Waals surface area (Å²) < 4.78 is 1.57. The van der Waals surface area contributed by atoms with Crippen LogP contribution in [0.4, 0.5) is 5.69 Å². The predicted octanol–water partition coefficient (Wildman–Crippen LogP) is 4.94. The van der Waals surface area contributed by atoms with E-state index in [-0.39, 0.29) is 11.1 Å². The molecule has 4 aromatic rings. The van der Waals surface area contributed by atoms with Crippen LogP contribution in [-0.4, -0.2) is 20.7 Å². The Balaban J connectivity index is 1.73. The number of para-hydroxylation sites is 1. The largest absolute Gasteiger partial charge is 0.321 e. The van der Waals surface area contributed by atoms with Crippen molar-refractivity contribution in [2.24, 2.45) is 0 Å². The van der Waals surface area contributed by atoms with E-state index in [0.29, 0.717) is 16.9 Å². The molecule has 0 aliphatic carbocycles. The summed E-state index contributed by atoms with van der Waals surface area (Å²) in [6.07, 6.45) is 1.74. The van der Waals surface area contributed by atoms with Crippen molar-refractivity contribution >= 4 is 34.1 Å². The molecule has 0 saturated carbocycles. The second-order valence-corrected chi connectivity index (χ2v) is 6.64. The molecule has 0 radical (unpaired) electrons. The summed E-state index contributed by atoms with van der Waals surface area (Å²) in [5.74, 6) is -0.298. The number of halogens is 1. The van der Waals surface area contributed by atoms with Gasteiger partial charge in [0.25, 0.3) is 5.91 Å². The number of carbonyl (C=O) groups excluding carboxylic acids is 1. The van der Waals surface area contributed by atoms with Crippen LogP contribution >= 0.6 is 11.6 Å². The number of benzene rings is 2. The summed E-state index contributed by atoms with van der Waals surface area (Å²) in [4.78, 5) is 17.4. The van der Waals surface area contributed by atoms with Gasteiger partial charge in [-0.05, 0) is 49.7 Å². The van der Waals surface area contributed by atoms with E-state index >= 15 is 0 Å². The lowest BCUT2D eigenvalue weighted by molar-refractivity contribution is 0.102. The molecule has 1 amide bonds. The van der Waals surface area contributed by atoms with Crippen LogP contribution in [0.15, 0.2) is 60.8 Å². The number of aryl methyl sites for hydroxylation is 2. The first-order chi connectivity index (χ1) is 13.1. The number of anilines is 1. The molecular formula is C21H17ClN4O. The van der Waals surface area contributed by atoms with Crippen LogP contribution in [0.5, 0.6) is 0 Å². The molecule has 0 atom stereocenters. The van der Waals surface area contributed by atoms with Crippen molar-refractivity contribution in [3.05, 3.63) is 82.8 Å². The molecule has 2 aromatic carbocycles. The normalized spacial score (nSPS) is 10.9. The topological polar surface area (TPSA) is 59.8 Å². The maximum Gasteiger partial charge on any atom is 0.260 e. The maximum atomic E-state index is 13.0. The van der Waals surface area contributed by atoms with Crippen LogP contribution in [0.25, 0.3) is 16.6 Å². The molecule has 6 heteroatoms. The summed E-state index contributed by atoms with van der Waals surface area (Å²) in [5, 5.41) is 8.56. The third kappa shape index (κ3) is 3.06. The Morgan fingerprint density at radius 1 is 1.04 bits per heavy atom. The van der Waals surface area contributed by atoms with Crippen molar-refractivity contribution < 1.29 is 4.79 Å². The molecular weight excluding hydrogens is 360 g/mol. The van der Waals surface area contributed by atoms with Crippen molar-refractivity contribution in [1.29, 1.82) is 0 Å². The molecule has 0 unspecified atom stereocenters. The van der Waals surface area contributed by atoms with Gasteiger partial charge in [0.1, 0.15) is 10.7 Å². The average Bonchev–Trinajstić information content (AvgIpc) is 2.99. The zero-order valence-corrected chi connectivity index (χ0v) is 15.7. The number of fused-ring (bicyclic) bond motifs is 1. The highest BCUT2D eigenvalue weighted by Crippen LogP contribution is 2.28. The fraction of sp³-hybridized carbons (Fsp3) is 0.0952. The molecule has 2 aromatic heterocycles. The van der Waals surface area contributed by atoms with Crippen molar-refractivity contribution in [1.82, 2.24) is 14.8 Å². The van der Waals surface area contributed by atoms with Gasteiger partial charge in [-0.15, -0.1) is 0 Å². The quantitative estimate of drug-likeness (QED) is 0.550. The molecule has 0 saturated heterocycles. The number of carbonyl (C=O) groups is 1. The Bertz CT molecular complexity index is 1150. The SMILES string of the molecule is Cc1nn(-c2ccccc2)c(Cl)c1C(=O)Nc1ccc(C)c2ncccc12. The minimum atomic E-state index is -0.298. The summed E-state index contributed by atoms with van der Waals surface area (Å²) in [5.41, 5.74) is 4.33. The smallest absolute Gasteiger partial charge is 0.260 e. The highest BCUT2D eigenvalue weighted by atomic mass is 35.5. The van der Waals surface area contributed by atoms with E-state index in [1.807, 2.05) is 61.5 Å². The standard InChI is InChI=1S/C21H17ClN4O/c1-13-10-11-17(16-9-6-12-23-19(13)16)24-21(27)18-14(2)25-26(20(18)22)15-7-4-3-5-8-15/h3-12H,1-2H3,(H,24,27). The zero-order chi connectivity index (χ0) is 19.0. The van der Waals surface area contributed by atoms with Crippen LogP contribution < -0.4 is 5.32 Å². The Kier molecular flexibility index (Phi) is 4.38. The van der Waals surface area contributed by atoms with Gasteiger partial charge in [0, 0.05) is 11.6 Å². The van der Waals surface area contributed by atoms with E-state index in [9.17, 15) is 4.79 Å². The fourth-order valence-electron chi connectivity index (χ4n) is 3.11. The molecule has 27 heavy (non-hydrogen) atoms. The highest BCUT2D eigenvalue weighted by molar-refractivity contribution is 6.34. The highest BCUT2D eigenvalue weighted by Gasteiger charge is 2.21. The molecule has 134 valence electrons. The lowest BCUT2D eigenvalue weighted by atomic mass is 10.1. The molecule has 0 aliphatic rings. The predicted molar refractivity (Wildman–Crippen MR) is 108 cm³/mol. The van der Waals surface area contributed by atoms with Gasteiger partial charge in [0.2, 0.25) is 0 Å². The lowest BCUT2D eigenvalue weighted by Gasteiger charge is -2.10. The first-order valence-corrected chi connectivity index (χ1v) is 8.90. The minimum absolute atomic E-state index is 0.283. The van der Waals surface area contributed by atoms with Crippen LogP contribution in [0.2, 0.25) is 5.15 Å². The summed E-state index contributed by atoms with van der Waals surface area (Å²) in [6, 6.07) is 17.1. The van der Waals surface area contributed by atoms with Crippen molar-refractivity contribution in [3.8, 4) is 5.69 Å². The van der Waals surface area contributed by atoms with Crippen LogP contribution in [0.3, 0.4) is 0 Å². The van der Waals surface area contributed by atoms with Gasteiger partial charge in [-0.25, -0.2) is 4.68 Å². The van der Waals surface area contributed by atoms with E-state index in [2.05, 4.69) is 15.4 Å². The van der Waals surface area contributed by atoms with Gasteiger partial charge in [-0.3, -0.25) is 9.78 Å². The van der Waals surface area contributed by atoms with E-state index in [4.69, 9.17) is 11.6 Å². The van der Waals surface area contributed by atoms with Crippen LogP contribution in [-0.2, 0) is 0 Å². The van der Waals surface area contributed by atoms with Gasteiger partial charge in [0.15, 0.2) is 0 Å². The Hall–Kier alpha value is -3.18. The van der Waals surface area contributed by atoms with Gasteiger partial charge >= 0.3 is 0 Å². The van der Waals surface area contributed by atoms with Gasteiger partial charge in [0.05, 0.1) is 22.6 Å². The molecule has 0 fully saturated rings. The maximum absolute atomic E-state index is 13.0. The van der Waals surface area contributed by atoms with Crippen LogP contribution in [0, 0.1) is 13.8 Å². The van der Waals surface area contributed by atoms with Gasteiger partial charge < -0.3 is 5.32 Å². The van der Waals surface area contributed by atoms with Crippen LogP contribution in [0.1, 0.15) is 21.6 Å². The van der Waals surface area contributed by atoms with E-state index in [1.165, 1.54) is 0 Å². The van der Waals surface area contributed by atoms with Crippen molar-refractivity contribution in [2.45, 2.75) is 13.8 Å². The van der Waals surface area contributed by atoms with Gasteiger partial charge in [-0.1, -0.05) is 35.9 Å². The molecule has 0 bridgehead atoms. The van der Waals surface area contributed by atoms with Crippen molar-refractivity contribution in [2.75, 3.05) is 5.32 Å². The minimum Gasteiger partial charge on any atom is -0.321 e. The third-order valence-corrected chi connectivity index (χ3v) is 4.80. The van der Waals surface area contributed by atoms with E-state index in [1.54, 1.807) is 17.8 Å². The number of rotatable bonds is 3. The number of amides is 1. The zero-order valence-electron chi connectivity index (χ0n) is 14.9. The number of pyridine rings is 1. The number of nitrogens with one attached hydrogen (secondary N) is 1. The monoisotopic (exact) mass is 376 g/mol. The van der Waals surface area contributed by atoms with E-state index in [0.717, 1.165) is 22.2 Å². The second kappa shape index (κ2) is 6.85.